The summed E-state index contributed by atoms with van der Waals surface area (Å²) >= 11 is -2.75. The van der Waals surface area contributed by atoms with Crippen LogP contribution in [0.3, 0.4) is 0 Å². The van der Waals surface area contributed by atoms with Gasteiger partial charge in [-0.2, -0.15) is 0 Å². The average molecular weight is 519 g/mol. The van der Waals surface area contributed by atoms with Crippen LogP contribution in [0.4, 0.5) is 10.6 Å². The number of ether oxygens (including phenoxy) is 1. The predicted molar refractivity (Wildman–Crippen MR) is 113 cm³/mol. The Labute approximate surface area is 172 Å². The minimum absolute atomic E-state index is 0.110. The topological polar surface area (TPSA) is 101 Å². The van der Waals surface area contributed by atoms with E-state index < -0.39 is 39.9 Å². The van der Waals surface area contributed by atoms with Crippen molar-refractivity contribution in [3.8, 4) is 0 Å². The fraction of sp³-hybridized carbons (Fsp3) is 0.722. The van der Waals surface area contributed by atoms with Crippen molar-refractivity contribution in [3.63, 3.8) is 0 Å². The summed E-state index contributed by atoms with van der Waals surface area (Å²) in [6, 6.07) is 1.68. The summed E-state index contributed by atoms with van der Waals surface area (Å²) in [7, 11) is -3.61. The van der Waals surface area contributed by atoms with Gasteiger partial charge in [-0.1, -0.05) is 0 Å². The van der Waals surface area contributed by atoms with Crippen LogP contribution in [0.25, 0.3) is 0 Å². The molecule has 0 radical (unpaired) electrons. The Kier molecular flexibility index (Phi) is 7.03. The third-order valence-electron chi connectivity index (χ3n) is 4.30. The standard InChI is InChI=1S/C15H23N4O4S.3CH3.Sn/c1-15(2,3)23-14(20)19(11-5-8-16-9-6-11)12-7-10-17-13(18-12)24(4,21)22;;;;/h7,11,16H,5-6,8-9H2,1-4H3;3*1H3;. The number of anilines is 1. The van der Waals surface area contributed by atoms with Gasteiger partial charge < -0.3 is 0 Å². The second-order valence-corrected chi connectivity index (χ2v) is 25.5. The van der Waals surface area contributed by atoms with Crippen molar-refractivity contribution in [2.24, 2.45) is 0 Å². The Balaban J connectivity index is 2.61. The molecule has 158 valence electrons. The molecule has 1 saturated heterocycles. The van der Waals surface area contributed by atoms with Crippen LogP contribution in [-0.4, -0.2) is 73.8 Å². The van der Waals surface area contributed by atoms with Gasteiger partial charge in [0.2, 0.25) is 0 Å². The van der Waals surface area contributed by atoms with E-state index in [4.69, 9.17) is 4.74 Å². The fourth-order valence-corrected chi connectivity index (χ4v) is 6.51. The van der Waals surface area contributed by atoms with Gasteiger partial charge in [-0.3, -0.25) is 0 Å². The van der Waals surface area contributed by atoms with E-state index in [0.29, 0.717) is 5.82 Å². The van der Waals surface area contributed by atoms with E-state index in [1.807, 2.05) is 20.8 Å². The number of hydrogen-bond acceptors (Lipinski definition) is 7. The summed E-state index contributed by atoms with van der Waals surface area (Å²) < 4.78 is 30.8. The molecule has 1 aromatic rings. The van der Waals surface area contributed by atoms with Gasteiger partial charge in [-0.05, 0) is 0 Å². The number of sulfone groups is 1. The van der Waals surface area contributed by atoms with Crippen LogP contribution < -0.4 is 13.9 Å². The summed E-state index contributed by atoms with van der Waals surface area (Å²) in [5.74, 6) is 0.318. The zero-order valence-electron chi connectivity index (χ0n) is 17.9. The molecular weight excluding hydrogens is 487 g/mol. The van der Waals surface area contributed by atoms with Gasteiger partial charge in [0.15, 0.2) is 0 Å². The summed E-state index contributed by atoms with van der Waals surface area (Å²) in [5, 5.41) is 3.05. The Hall–Kier alpha value is -0.941. The van der Waals surface area contributed by atoms with E-state index >= 15 is 0 Å². The van der Waals surface area contributed by atoms with Crippen molar-refractivity contribution in [3.05, 3.63) is 6.07 Å². The van der Waals surface area contributed by atoms with Crippen molar-refractivity contribution in [2.45, 2.75) is 65.2 Å². The molecule has 0 aromatic carbocycles. The number of rotatable bonds is 4. The summed E-state index contributed by atoms with van der Waals surface area (Å²) in [6.45, 7) is 6.98. The molecule has 10 heteroatoms. The first-order valence-corrected chi connectivity index (χ1v) is 21.4. The molecule has 0 spiro atoms. The number of nitrogens with one attached hydrogen (secondary N) is 1. The molecule has 1 fully saturated rings. The molecular formula is C18H32N4O4SSn. The maximum absolute atomic E-state index is 13.1. The molecule has 1 aromatic heterocycles. The Morgan fingerprint density at radius 3 is 2.25 bits per heavy atom. The second-order valence-electron chi connectivity index (χ2n) is 9.25. The maximum atomic E-state index is 13.1. The first-order chi connectivity index (χ1) is 12.7. The van der Waals surface area contributed by atoms with E-state index in [9.17, 15) is 13.2 Å². The molecule has 2 rings (SSSR count). The molecule has 1 aliphatic heterocycles. The van der Waals surface area contributed by atoms with E-state index in [1.165, 1.54) is 4.90 Å². The number of nitrogens with zero attached hydrogens (tertiary/aromatic N) is 3. The fourth-order valence-electron chi connectivity index (χ4n) is 2.89. The van der Waals surface area contributed by atoms with Crippen molar-refractivity contribution in [2.75, 3.05) is 24.2 Å². The zero-order chi connectivity index (χ0) is 21.3. The van der Waals surface area contributed by atoms with E-state index in [0.717, 1.165) is 35.9 Å². The Morgan fingerprint density at radius 2 is 1.79 bits per heavy atom. The number of carbonyl (C=O) groups excluding carboxylic acids is 1. The van der Waals surface area contributed by atoms with Gasteiger partial charge in [0, 0.05) is 0 Å². The molecule has 28 heavy (non-hydrogen) atoms. The Morgan fingerprint density at radius 1 is 1.21 bits per heavy atom. The second kappa shape index (κ2) is 8.43. The van der Waals surface area contributed by atoms with Gasteiger partial charge in [0.1, 0.15) is 0 Å². The summed E-state index contributed by atoms with van der Waals surface area (Å²) in [4.78, 5) is 29.7. The Bertz CT molecular complexity index is 825. The third kappa shape index (κ3) is 6.28. The third-order valence-corrected chi connectivity index (χ3v) is 10.3. The monoisotopic (exact) mass is 520 g/mol. The van der Waals surface area contributed by atoms with Crippen molar-refractivity contribution >= 4 is 43.8 Å². The number of aromatic nitrogens is 2. The molecule has 1 aliphatic rings. The summed E-state index contributed by atoms with van der Waals surface area (Å²) in [6.07, 6.45) is 2.07. The average Bonchev–Trinajstić information content (AvgIpc) is 2.52. The molecule has 1 amide bonds. The van der Waals surface area contributed by atoms with Gasteiger partial charge in [-0.15, -0.1) is 0 Å². The van der Waals surface area contributed by atoms with Crippen LogP contribution in [0.1, 0.15) is 33.6 Å². The molecule has 2 heterocycles. The number of carbonyl (C=O) groups is 1. The van der Waals surface area contributed by atoms with Gasteiger partial charge in [0.25, 0.3) is 0 Å². The number of hydrogen-bond donors (Lipinski definition) is 1. The van der Waals surface area contributed by atoms with E-state index in [2.05, 4.69) is 30.1 Å². The van der Waals surface area contributed by atoms with Crippen LogP contribution in [0, 0.1) is 0 Å². The first-order valence-electron chi connectivity index (χ1n) is 9.51. The first kappa shape index (κ1) is 23.3. The molecule has 8 nitrogen and oxygen atoms in total. The predicted octanol–water partition coefficient (Wildman–Crippen LogP) is 1.92. The zero-order valence-corrected chi connectivity index (χ0v) is 21.5. The molecule has 1 N–H and O–H groups in total. The molecule has 0 bridgehead atoms. The van der Waals surface area contributed by atoms with E-state index in [-0.39, 0.29) is 11.2 Å². The SMILES string of the molecule is CC(C)(C)OC(=O)N(c1c[c]([Sn]([CH3])([CH3])[CH3])nc(S(C)(=O)=O)n1)C1CCNCC1. The normalized spacial score (nSPS) is 16.7. The van der Waals surface area contributed by atoms with Crippen molar-refractivity contribution in [1.29, 1.82) is 0 Å². The molecule has 0 aliphatic carbocycles. The quantitative estimate of drug-likeness (QED) is 0.479. The summed E-state index contributed by atoms with van der Waals surface area (Å²) in [5.41, 5.74) is -0.666. The van der Waals surface area contributed by atoms with Crippen molar-refractivity contribution in [1.82, 2.24) is 15.3 Å². The minimum atomic E-state index is -3.61. The van der Waals surface area contributed by atoms with Gasteiger partial charge in [0.05, 0.1) is 0 Å². The molecule has 0 unspecified atom stereocenters. The number of amides is 1. The number of piperidine rings is 1. The molecule has 0 saturated carbocycles. The van der Waals surface area contributed by atoms with Crippen molar-refractivity contribution < 1.29 is 17.9 Å². The van der Waals surface area contributed by atoms with Gasteiger partial charge in [-0.25, -0.2) is 0 Å². The van der Waals surface area contributed by atoms with E-state index in [1.54, 1.807) is 6.07 Å². The molecule has 0 atom stereocenters. The van der Waals surface area contributed by atoms with Crippen LogP contribution in [0.5, 0.6) is 0 Å². The van der Waals surface area contributed by atoms with Crippen LogP contribution >= 0.6 is 0 Å². The van der Waals surface area contributed by atoms with Crippen LogP contribution in [-0.2, 0) is 14.6 Å². The van der Waals surface area contributed by atoms with Gasteiger partial charge >= 0.3 is 173 Å². The van der Waals surface area contributed by atoms with Crippen LogP contribution in [0.15, 0.2) is 11.2 Å². The van der Waals surface area contributed by atoms with Crippen LogP contribution in [0.2, 0.25) is 14.8 Å².